The fraction of sp³-hybridized carbons (Fsp3) is 0.500. The normalized spacial score (nSPS) is 25.4. The third-order valence-corrected chi connectivity index (χ3v) is 2.71. The maximum Gasteiger partial charge on any atom is 0.126 e. The van der Waals surface area contributed by atoms with Crippen molar-refractivity contribution in [3.63, 3.8) is 0 Å². The molecule has 1 aromatic carbocycles. The van der Waals surface area contributed by atoms with Gasteiger partial charge in [-0.25, -0.2) is 0 Å². The third-order valence-electron chi connectivity index (χ3n) is 2.71. The number of hydrogen-bond acceptors (Lipinski definition) is 2. The van der Waals surface area contributed by atoms with Gasteiger partial charge in [0.15, 0.2) is 0 Å². The van der Waals surface area contributed by atoms with Gasteiger partial charge in [-0.05, 0) is 38.0 Å². The van der Waals surface area contributed by atoms with Crippen LogP contribution in [0.15, 0.2) is 12.1 Å². The summed E-state index contributed by atoms with van der Waals surface area (Å²) in [6.45, 7) is 6.06. The lowest BCUT2D eigenvalue weighted by atomic mass is 9.94. The average molecular weight is 192 g/mol. The first-order chi connectivity index (χ1) is 6.58. The number of fused-ring (bicyclic) bond motifs is 1. The van der Waals surface area contributed by atoms with Gasteiger partial charge >= 0.3 is 0 Å². The zero-order valence-electron chi connectivity index (χ0n) is 8.87. The van der Waals surface area contributed by atoms with E-state index in [1.807, 2.05) is 26.8 Å². The second kappa shape index (κ2) is 3.28. The summed E-state index contributed by atoms with van der Waals surface area (Å²) in [7, 11) is 0. The van der Waals surface area contributed by atoms with Crippen LogP contribution < -0.4 is 4.74 Å². The van der Waals surface area contributed by atoms with Crippen LogP contribution in [0.5, 0.6) is 5.75 Å². The first kappa shape index (κ1) is 9.53. The molecule has 0 saturated carbocycles. The largest absolute Gasteiger partial charge is 0.490 e. The molecule has 0 fully saturated rings. The van der Waals surface area contributed by atoms with E-state index in [2.05, 4.69) is 6.07 Å². The Kier molecular flexibility index (Phi) is 2.23. The lowest BCUT2D eigenvalue weighted by Crippen LogP contribution is -2.23. The number of rotatable bonds is 0. The van der Waals surface area contributed by atoms with Gasteiger partial charge in [0.1, 0.15) is 5.75 Å². The average Bonchev–Trinajstić information content (AvgIpc) is 1.99. The van der Waals surface area contributed by atoms with Crippen molar-refractivity contribution in [3.05, 3.63) is 28.8 Å². The number of aliphatic hydroxyl groups excluding tert-OH is 1. The van der Waals surface area contributed by atoms with Crippen LogP contribution in [0.1, 0.15) is 36.1 Å². The van der Waals surface area contributed by atoms with E-state index in [1.165, 1.54) is 5.56 Å². The number of aryl methyl sites for hydroxylation is 2. The maximum absolute atomic E-state index is 9.92. The Hall–Kier alpha value is -1.02. The van der Waals surface area contributed by atoms with Crippen LogP contribution >= 0.6 is 0 Å². The van der Waals surface area contributed by atoms with Gasteiger partial charge in [0.25, 0.3) is 0 Å². The fourth-order valence-corrected chi connectivity index (χ4v) is 2.16. The topological polar surface area (TPSA) is 29.5 Å². The number of benzene rings is 1. The summed E-state index contributed by atoms with van der Waals surface area (Å²) in [5.74, 6) is 0.855. The van der Waals surface area contributed by atoms with E-state index in [1.54, 1.807) is 0 Å². The summed E-state index contributed by atoms with van der Waals surface area (Å²) in [6, 6.07) is 4.09. The summed E-state index contributed by atoms with van der Waals surface area (Å²) < 4.78 is 5.70. The van der Waals surface area contributed by atoms with Crippen molar-refractivity contribution in [2.45, 2.75) is 39.4 Å². The lowest BCUT2D eigenvalue weighted by Gasteiger charge is -2.29. The van der Waals surface area contributed by atoms with E-state index < -0.39 is 0 Å². The monoisotopic (exact) mass is 192 g/mol. The predicted octanol–water partition coefficient (Wildman–Crippen LogP) is 2.51. The molecule has 1 aliphatic rings. The molecule has 0 spiro atoms. The minimum Gasteiger partial charge on any atom is -0.490 e. The Morgan fingerprint density at radius 2 is 2.07 bits per heavy atom. The first-order valence-electron chi connectivity index (χ1n) is 5.04. The van der Waals surface area contributed by atoms with Crippen LogP contribution in [0.4, 0.5) is 0 Å². The summed E-state index contributed by atoms with van der Waals surface area (Å²) in [6.07, 6.45) is 0.435. The SMILES string of the molecule is Cc1cc(C)c2c(c1)O[C@@H](C)C[C@H]2O. The molecular formula is C12H16O2. The number of aliphatic hydroxyl groups is 1. The summed E-state index contributed by atoms with van der Waals surface area (Å²) in [4.78, 5) is 0. The van der Waals surface area contributed by atoms with Crippen LogP contribution in [0.25, 0.3) is 0 Å². The Balaban J connectivity index is 2.53. The molecule has 14 heavy (non-hydrogen) atoms. The van der Waals surface area contributed by atoms with Crippen LogP contribution in [-0.4, -0.2) is 11.2 Å². The van der Waals surface area contributed by atoms with Crippen molar-refractivity contribution in [2.75, 3.05) is 0 Å². The van der Waals surface area contributed by atoms with E-state index in [9.17, 15) is 5.11 Å². The van der Waals surface area contributed by atoms with E-state index >= 15 is 0 Å². The molecule has 76 valence electrons. The van der Waals surface area contributed by atoms with Crippen molar-refractivity contribution in [1.29, 1.82) is 0 Å². The Labute approximate surface area is 84.5 Å². The van der Waals surface area contributed by atoms with Gasteiger partial charge in [-0.15, -0.1) is 0 Å². The van der Waals surface area contributed by atoms with E-state index in [0.717, 1.165) is 16.9 Å². The third kappa shape index (κ3) is 1.50. The number of ether oxygens (including phenoxy) is 1. The summed E-state index contributed by atoms with van der Waals surface area (Å²) in [5.41, 5.74) is 3.27. The Morgan fingerprint density at radius 1 is 1.36 bits per heavy atom. The lowest BCUT2D eigenvalue weighted by molar-refractivity contribution is 0.0743. The second-order valence-electron chi connectivity index (χ2n) is 4.17. The molecule has 1 N–H and O–H groups in total. The van der Waals surface area contributed by atoms with Crippen molar-refractivity contribution in [1.82, 2.24) is 0 Å². The summed E-state index contributed by atoms with van der Waals surface area (Å²) >= 11 is 0. The molecule has 2 heteroatoms. The van der Waals surface area contributed by atoms with Crippen LogP contribution in [-0.2, 0) is 0 Å². The molecule has 0 aliphatic carbocycles. The highest BCUT2D eigenvalue weighted by Crippen LogP contribution is 2.37. The van der Waals surface area contributed by atoms with Gasteiger partial charge in [-0.3, -0.25) is 0 Å². The van der Waals surface area contributed by atoms with Crippen molar-refractivity contribution >= 4 is 0 Å². The first-order valence-corrected chi connectivity index (χ1v) is 5.04. The van der Waals surface area contributed by atoms with Gasteiger partial charge in [0.05, 0.1) is 12.2 Å². The molecule has 1 aromatic rings. The van der Waals surface area contributed by atoms with E-state index in [-0.39, 0.29) is 12.2 Å². The maximum atomic E-state index is 9.92. The highest BCUT2D eigenvalue weighted by atomic mass is 16.5. The molecule has 1 aliphatic heterocycles. The zero-order chi connectivity index (χ0) is 10.3. The van der Waals surface area contributed by atoms with Crippen molar-refractivity contribution in [3.8, 4) is 5.75 Å². The van der Waals surface area contributed by atoms with Gasteiger partial charge in [-0.1, -0.05) is 6.07 Å². The quantitative estimate of drug-likeness (QED) is 0.684. The Bertz CT molecular complexity index is 358. The second-order valence-corrected chi connectivity index (χ2v) is 4.17. The zero-order valence-corrected chi connectivity index (χ0v) is 8.87. The standard InChI is InChI=1S/C12H16O2/c1-7-4-8(2)12-10(13)6-9(3)14-11(12)5-7/h4-5,9-10,13H,6H2,1-3H3/t9-,10+/m0/s1. The van der Waals surface area contributed by atoms with Crippen LogP contribution in [0.3, 0.4) is 0 Å². The van der Waals surface area contributed by atoms with Crippen LogP contribution in [0.2, 0.25) is 0 Å². The highest BCUT2D eigenvalue weighted by molar-refractivity contribution is 5.45. The number of hydrogen-bond donors (Lipinski definition) is 1. The van der Waals surface area contributed by atoms with Gasteiger partial charge in [0, 0.05) is 12.0 Å². The minimum atomic E-state index is -0.366. The molecule has 2 nitrogen and oxygen atoms in total. The summed E-state index contributed by atoms with van der Waals surface area (Å²) in [5, 5.41) is 9.92. The molecule has 0 amide bonds. The molecule has 0 aromatic heterocycles. The van der Waals surface area contributed by atoms with Gasteiger partial charge in [0.2, 0.25) is 0 Å². The Morgan fingerprint density at radius 3 is 2.79 bits per heavy atom. The van der Waals surface area contributed by atoms with Gasteiger partial charge < -0.3 is 9.84 Å². The minimum absolute atomic E-state index is 0.110. The van der Waals surface area contributed by atoms with Crippen LogP contribution in [0, 0.1) is 13.8 Å². The molecule has 0 radical (unpaired) electrons. The van der Waals surface area contributed by atoms with E-state index in [0.29, 0.717) is 6.42 Å². The van der Waals surface area contributed by atoms with Crippen molar-refractivity contribution < 1.29 is 9.84 Å². The molecule has 0 saturated heterocycles. The van der Waals surface area contributed by atoms with E-state index in [4.69, 9.17) is 4.74 Å². The molecule has 0 bridgehead atoms. The highest BCUT2D eigenvalue weighted by Gasteiger charge is 2.25. The molecule has 0 unspecified atom stereocenters. The van der Waals surface area contributed by atoms with Gasteiger partial charge in [-0.2, -0.15) is 0 Å². The molecule has 2 rings (SSSR count). The van der Waals surface area contributed by atoms with Crippen molar-refractivity contribution in [2.24, 2.45) is 0 Å². The predicted molar refractivity (Wildman–Crippen MR) is 55.6 cm³/mol. The molecule has 2 atom stereocenters. The molecule has 1 heterocycles. The fourth-order valence-electron chi connectivity index (χ4n) is 2.16. The molecular weight excluding hydrogens is 176 g/mol. The smallest absolute Gasteiger partial charge is 0.126 e.